The highest BCUT2D eigenvalue weighted by atomic mass is 16.5. The number of nitrogens with zero attached hydrogens (tertiary/aromatic N) is 1. The van der Waals surface area contributed by atoms with Crippen LogP contribution in [0.1, 0.15) is 32.1 Å². The van der Waals surface area contributed by atoms with E-state index in [1.54, 1.807) is 7.11 Å². The van der Waals surface area contributed by atoms with Gasteiger partial charge in [-0.25, -0.2) is 0 Å². The van der Waals surface area contributed by atoms with Gasteiger partial charge in [-0.2, -0.15) is 0 Å². The fourth-order valence-corrected chi connectivity index (χ4v) is 2.48. The van der Waals surface area contributed by atoms with Crippen molar-refractivity contribution in [1.82, 2.24) is 4.90 Å². The van der Waals surface area contributed by atoms with Gasteiger partial charge in [0.2, 0.25) is 0 Å². The second-order valence-corrected chi connectivity index (χ2v) is 4.71. The van der Waals surface area contributed by atoms with Gasteiger partial charge >= 0.3 is 0 Å². The Morgan fingerprint density at radius 3 is 2.67 bits per heavy atom. The van der Waals surface area contributed by atoms with Crippen LogP contribution in [-0.2, 0) is 9.47 Å². The molecule has 0 bridgehead atoms. The normalized spacial score (nSPS) is 29.0. The molecule has 1 aliphatic carbocycles. The quantitative estimate of drug-likeness (QED) is 0.648. The molecule has 0 N–H and O–H groups in total. The van der Waals surface area contributed by atoms with Crippen molar-refractivity contribution in [2.75, 3.05) is 33.4 Å². The summed E-state index contributed by atoms with van der Waals surface area (Å²) in [6.07, 6.45) is 7.22. The summed E-state index contributed by atoms with van der Waals surface area (Å²) < 4.78 is 10.8. The minimum atomic E-state index is 0.453. The highest BCUT2D eigenvalue weighted by molar-refractivity contribution is 4.84. The van der Waals surface area contributed by atoms with E-state index in [0.717, 1.165) is 25.8 Å². The standard InChI is InChI=1S/C12H23NO2/c1-14-8-9-15-12-6-3-7-13(10-12)11-4-2-5-11/h11-12H,2-10H2,1H3. The van der Waals surface area contributed by atoms with Crippen LogP contribution in [0.5, 0.6) is 0 Å². The minimum Gasteiger partial charge on any atom is -0.382 e. The average Bonchev–Trinajstić information content (AvgIpc) is 2.16. The maximum Gasteiger partial charge on any atom is 0.0704 e. The second-order valence-electron chi connectivity index (χ2n) is 4.71. The first-order chi connectivity index (χ1) is 7.40. The molecule has 1 aliphatic heterocycles. The van der Waals surface area contributed by atoms with Gasteiger partial charge in [0.25, 0.3) is 0 Å². The molecule has 3 nitrogen and oxygen atoms in total. The number of hydrogen-bond donors (Lipinski definition) is 0. The number of methoxy groups -OCH3 is 1. The number of likely N-dealkylation sites (tertiary alicyclic amines) is 1. The van der Waals surface area contributed by atoms with E-state index in [2.05, 4.69) is 4.90 Å². The molecule has 1 atom stereocenters. The van der Waals surface area contributed by atoms with Crippen LogP contribution in [0.25, 0.3) is 0 Å². The molecule has 0 radical (unpaired) electrons. The fourth-order valence-electron chi connectivity index (χ4n) is 2.48. The number of piperidine rings is 1. The largest absolute Gasteiger partial charge is 0.382 e. The molecule has 1 heterocycles. The Morgan fingerprint density at radius 2 is 2.00 bits per heavy atom. The van der Waals surface area contributed by atoms with Crippen LogP contribution >= 0.6 is 0 Å². The van der Waals surface area contributed by atoms with Crippen LogP contribution in [0, 0.1) is 0 Å². The summed E-state index contributed by atoms with van der Waals surface area (Å²) in [5.41, 5.74) is 0. The summed E-state index contributed by atoms with van der Waals surface area (Å²) in [6, 6.07) is 0.874. The van der Waals surface area contributed by atoms with Gasteiger partial charge in [0, 0.05) is 19.7 Å². The zero-order chi connectivity index (χ0) is 10.5. The number of ether oxygens (including phenoxy) is 2. The summed E-state index contributed by atoms with van der Waals surface area (Å²) in [6.45, 7) is 3.91. The van der Waals surface area contributed by atoms with Gasteiger partial charge in [0.05, 0.1) is 19.3 Å². The van der Waals surface area contributed by atoms with Gasteiger partial charge in [0.1, 0.15) is 0 Å². The molecule has 1 saturated heterocycles. The molecular weight excluding hydrogens is 190 g/mol. The monoisotopic (exact) mass is 213 g/mol. The molecule has 88 valence electrons. The SMILES string of the molecule is COCCOC1CCCN(C2CCC2)C1. The molecule has 2 fully saturated rings. The Labute approximate surface area is 92.7 Å². The maximum absolute atomic E-state index is 5.81. The van der Waals surface area contributed by atoms with Crippen molar-refractivity contribution in [3.05, 3.63) is 0 Å². The zero-order valence-corrected chi connectivity index (χ0v) is 9.78. The molecule has 0 spiro atoms. The lowest BCUT2D eigenvalue weighted by atomic mass is 9.89. The van der Waals surface area contributed by atoms with Crippen LogP contribution in [0.4, 0.5) is 0 Å². The smallest absolute Gasteiger partial charge is 0.0704 e. The van der Waals surface area contributed by atoms with Gasteiger partial charge < -0.3 is 9.47 Å². The molecular formula is C12H23NO2. The highest BCUT2D eigenvalue weighted by Gasteiger charge is 2.29. The third kappa shape index (κ3) is 3.16. The summed E-state index contributed by atoms with van der Waals surface area (Å²) in [5, 5.41) is 0. The van der Waals surface area contributed by atoms with E-state index in [0.29, 0.717) is 6.10 Å². The first-order valence-electron chi connectivity index (χ1n) is 6.24. The maximum atomic E-state index is 5.81. The average molecular weight is 213 g/mol. The van der Waals surface area contributed by atoms with Crippen molar-refractivity contribution < 1.29 is 9.47 Å². The first kappa shape index (κ1) is 11.4. The lowest BCUT2D eigenvalue weighted by Gasteiger charge is -2.42. The van der Waals surface area contributed by atoms with Gasteiger partial charge in [0.15, 0.2) is 0 Å². The van der Waals surface area contributed by atoms with Crippen LogP contribution in [0.3, 0.4) is 0 Å². The Morgan fingerprint density at radius 1 is 1.13 bits per heavy atom. The third-order valence-corrected chi connectivity index (χ3v) is 3.64. The Balaban J connectivity index is 1.67. The van der Waals surface area contributed by atoms with Crippen molar-refractivity contribution in [3.8, 4) is 0 Å². The van der Waals surface area contributed by atoms with Gasteiger partial charge in [-0.3, -0.25) is 4.90 Å². The summed E-state index contributed by atoms with van der Waals surface area (Å²) in [4.78, 5) is 2.63. The van der Waals surface area contributed by atoms with E-state index in [1.807, 2.05) is 0 Å². The molecule has 3 heteroatoms. The Kier molecular flexibility index (Phi) is 4.42. The van der Waals surface area contributed by atoms with Crippen LogP contribution in [0.15, 0.2) is 0 Å². The highest BCUT2D eigenvalue weighted by Crippen LogP contribution is 2.27. The molecule has 1 unspecified atom stereocenters. The van der Waals surface area contributed by atoms with Crippen LogP contribution < -0.4 is 0 Å². The molecule has 0 aromatic rings. The lowest BCUT2D eigenvalue weighted by molar-refractivity contribution is -0.0382. The van der Waals surface area contributed by atoms with Crippen molar-refractivity contribution in [2.24, 2.45) is 0 Å². The third-order valence-electron chi connectivity index (χ3n) is 3.64. The van der Waals surface area contributed by atoms with E-state index < -0.39 is 0 Å². The zero-order valence-electron chi connectivity index (χ0n) is 9.78. The molecule has 15 heavy (non-hydrogen) atoms. The second kappa shape index (κ2) is 5.83. The van der Waals surface area contributed by atoms with E-state index in [-0.39, 0.29) is 0 Å². The topological polar surface area (TPSA) is 21.7 Å². The van der Waals surface area contributed by atoms with Gasteiger partial charge in [-0.05, 0) is 32.2 Å². The van der Waals surface area contributed by atoms with Crippen LogP contribution in [-0.4, -0.2) is 50.5 Å². The molecule has 0 aromatic heterocycles. The van der Waals surface area contributed by atoms with Crippen molar-refractivity contribution in [2.45, 2.75) is 44.2 Å². The molecule has 0 amide bonds. The summed E-state index contributed by atoms with van der Waals surface area (Å²) in [7, 11) is 1.73. The predicted molar refractivity (Wildman–Crippen MR) is 60.1 cm³/mol. The van der Waals surface area contributed by atoms with E-state index in [9.17, 15) is 0 Å². The van der Waals surface area contributed by atoms with Crippen molar-refractivity contribution in [3.63, 3.8) is 0 Å². The molecule has 2 aliphatic rings. The number of rotatable bonds is 5. The van der Waals surface area contributed by atoms with E-state index in [4.69, 9.17) is 9.47 Å². The van der Waals surface area contributed by atoms with Gasteiger partial charge in [-0.1, -0.05) is 6.42 Å². The summed E-state index contributed by atoms with van der Waals surface area (Å²) in [5.74, 6) is 0. The fraction of sp³-hybridized carbons (Fsp3) is 1.00. The molecule has 2 rings (SSSR count). The van der Waals surface area contributed by atoms with E-state index >= 15 is 0 Å². The predicted octanol–water partition coefficient (Wildman–Crippen LogP) is 1.67. The number of hydrogen-bond acceptors (Lipinski definition) is 3. The lowest BCUT2D eigenvalue weighted by Crippen LogP contribution is -2.48. The Hall–Kier alpha value is -0.120. The van der Waals surface area contributed by atoms with Crippen molar-refractivity contribution >= 4 is 0 Å². The van der Waals surface area contributed by atoms with Gasteiger partial charge in [-0.15, -0.1) is 0 Å². The summed E-state index contributed by atoms with van der Waals surface area (Å²) >= 11 is 0. The molecule has 1 saturated carbocycles. The van der Waals surface area contributed by atoms with E-state index in [1.165, 1.54) is 38.6 Å². The van der Waals surface area contributed by atoms with Crippen LogP contribution in [0.2, 0.25) is 0 Å². The molecule has 0 aromatic carbocycles. The van der Waals surface area contributed by atoms with Crippen molar-refractivity contribution in [1.29, 1.82) is 0 Å². The minimum absolute atomic E-state index is 0.453. The Bertz CT molecular complexity index is 182. The first-order valence-corrected chi connectivity index (χ1v) is 6.24.